The second kappa shape index (κ2) is 6.75. The molecule has 0 saturated heterocycles. The zero-order valence-corrected chi connectivity index (χ0v) is 16.6. The summed E-state index contributed by atoms with van der Waals surface area (Å²) in [5, 5.41) is 2.58. The molecule has 12 heteroatoms. The van der Waals surface area contributed by atoms with Crippen molar-refractivity contribution in [2.45, 2.75) is 31.3 Å². The van der Waals surface area contributed by atoms with E-state index in [0.717, 1.165) is 22.6 Å². The Morgan fingerprint density at radius 3 is 2.45 bits per heavy atom. The van der Waals surface area contributed by atoms with E-state index in [1.807, 2.05) is 0 Å². The van der Waals surface area contributed by atoms with Gasteiger partial charge in [0.05, 0.1) is 27.9 Å². The summed E-state index contributed by atoms with van der Waals surface area (Å²) < 4.78 is 55.8. The fraction of sp³-hybridized carbons (Fsp3) is 0.294. The molecule has 1 amide bonds. The smallest absolute Gasteiger partial charge is 0.372 e. The molecule has 2 aliphatic heterocycles. The number of rotatable bonds is 2. The average molecular weight is 468 g/mol. The first-order chi connectivity index (χ1) is 13.5. The number of carbonyl (C=O) groups excluding carboxylic acids is 1. The maximum atomic E-state index is 14.0. The lowest BCUT2D eigenvalue weighted by molar-refractivity contribution is -0.275. The molecule has 5 nitrogen and oxygen atoms in total. The number of thiophene rings is 1. The molecule has 1 aromatic heterocycles. The summed E-state index contributed by atoms with van der Waals surface area (Å²) >= 11 is 12.6. The molecule has 0 bridgehead atoms. The Hall–Kier alpha value is -2.04. The van der Waals surface area contributed by atoms with E-state index in [1.165, 1.54) is 11.3 Å². The van der Waals surface area contributed by atoms with Gasteiger partial charge in [-0.1, -0.05) is 28.4 Å². The van der Waals surface area contributed by atoms with Crippen LogP contribution >= 0.6 is 34.5 Å². The number of alkyl halides is 3. The standard InChI is InChI=1S/C17H11Cl2F4N3O2S/c18-9-2-8(3-10(19)14(9)20)16(17(21,22)23)4-13(25-28-16)26-5-7-1-11(15(24)27)29-12(7)6-26/h1-3H,4-6H2,(H2,24,27). The minimum absolute atomic E-state index is 0.0721. The first-order valence-electron chi connectivity index (χ1n) is 8.15. The molecule has 0 aliphatic carbocycles. The van der Waals surface area contributed by atoms with Gasteiger partial charge >= 0.3 is 6.18 Å². The third-order valence-electron chi connectivity index (χ3n) is 4.82. The molecule has 3 heterocycles. The number of amidine groups is 1. The van der Waals surface area contributed by atoms with Crippen LogP contribution < -0.4 is 5.73 Å². The number of carbonyl (C=O) groups is 1. The first-order valence-corrected chi connectivity index (χ1v) is 9.72. The van der Waals surface area contributed by atoms with Crippen LogP contribution in [0.4, 0.5) is 17.6 Å². The van der Waals surface area contributed by atoms with Crippen molar-refractivity contribution < 1.29 is 27.2 Å². The van der Waals surface area contributed by atoms with Crippen LogP contribution in [-0.4, -0.2) is 22.8 Å². The lowest BCUT2D eigenvalue weighted by atomic mass is 9.89. The number of nitrogens with two attached hydrogens (primary N) is 1. The van der Waals surface area contributed by atoms with E-state index in [0.29, 0.717) is 4.88 Å². The highest BCUT2D eigenvalue weighted by Crippen LogP contribution is 2.50. The molecule has 4 rings (SSSR count). The van der Waals surface area contributed by atoms with Crippen LogP contribution in [0.15, 0.2) is 23.4 Å². The van der Waals surface area contributed by atoms with Gasteiger partial charge < -0.3 is 15.5 Å². The van der Waals surface area contributed by atoms with E-state index in [1.54, 1.807) is 11.0 Å². The highest BCUT2D eigenvalue weighted by molar-refractivity contribution is 7.14. The van der Waals surface area contributed by atoms with E-state index >= 15 is 0 Å². The molecule has 1 atom stereocenters. The summed E-state index contributed by atoms with van der Waals surface area (Å²) in [6.07, 6.45) is -5.50. The molecule has 0 saturated carbocycles. The predicted molar refractivity (Wildman–Crippen MR) is 99.4 cm³/mol. The van der Waals surface area contributed by atoms with Crippen LogP contribution in [0.1, 0.15) is 32.1 Å². The van der Waals surface area contributed by atoms with Crippen molar-refractivity contribution >= 4 is 46.3 Å². The lowest BCUT2D eigenvalue weighted by Crippen LogP contribution is -2.44. The molecule has 2 N–H and O–H groups in total. The Bertz CT molecular complexity index is 1010. The fourth-order valence-corrected chi connectivity index (χ4v) is 4.85. The summed E-state index contributed by atoms with van der Waals surface area (Å²) in [5.41, 5.74) is 2.78. The van der Waals surface area contributed by atoms with Gasteiger partial charge in [0.1, 0.15) is 5.84 Å². The quantitative estimate of drug-likeness (QED) is 0.509. The Balaban J connectivity index is 1.62. The van der Waals surface area contributed by atoms with Gasteiger partial charge in [-0.2, -0.15) is 13.2 Å². The molecule has 2 aliphatic rings. The maximum Gasteiger partial charge on any atom is 0.435 e. The zero-order chi connectivity index (χ0) is 21.1. The largest absolute Gasteiger partial charge is 0.435 e. The first kappa shape index (κ1) is 20.2. The molecule has 29 heavy (non-hydrogen) atoms. The number of hydrogen-bond acceptors (Lipinski definition) is 5. The summed E-state index contributed by atoms with van der Waals surface area (Å²) in [5.74, 6) is -1.50. The summed E-state index contributed by atoms with van der Waals surface area (Å²) in [4.78, 5) is 19.0. The van der Waals surface area contributed by atoms with Crippen molar-refractivity contribution in [3.05, 3.63) is 54.9 Å². The topological polar surface area (TPSA) is 67.9 Å². The van der Waals surface area contributed by atoms with Gasteiger partial charge in [0.2, 0.25) is 0 Å². The van der Waals surface area contributed by atoms with Crippen LogP contribution in [0, 0.1) is 5.82 Å². The number of oxime groups is 1. The van der Waals surface area contributed by atoms with Crippen LogP contribution in [0.25, 0.3) is 0 Å². The van der Waals surface area contributed by atoms with Crippen molar-refractivity contribution in [2.75, 3.05) is 0 Å². The predicted octanol–water partition coefficient (Wildman–Crippen LogP) is 4.80. The number of nitrogens with zero attached hydrogens (tertiary/aromatic N) is 2. The highest BCUT2D eigenvalue weighted by atomic mass is 35.5. The Kier molecular flexibility index (Phi) is 4.71. The van der Waals surface area contributed by atoms with Gasteiger partial charge in [-0.25, -0.2) is 4.39 Å². The Labute approximate surface area is 175 Å². The van der Waals surface area contributed by atoms with Gasteiger partial charge in [-0.15, -0.1) is 11.3 Å². The molecule has 0 spiro atoms. The van der Waals surface area contributed by atoms with Crippen LogP contribution in [0.3, 0.4) is 0 Å². The normalized spacial score (nSPS) is 21.2. The number of fused-ring (bicyclic) bond motifs is 1. The maximum absolute atomic E-state index is 14.0. The van der Waals surface area contributed by atoms with Gasteiger partial charge in [0, 0.05) is 17.0 Å². The van der Waals surface area contributed by atoms with Crippen molar-refractivity contribution in [3.8, 4) is 0 Å². The van der Waals surface area contributed by atoms with Gasteiger partial charge in [0.15, 0.2) is 5.82 Å². The van der Waals surface area contributed by atoms with E-state index in [2.05, 4.69) is 5.16 Å². The third-order valence-corrected chi connectivity index (χ3v) is 6.55. The minimum atomic E-state index is -4.87. The van der Waals surface area contributed by atoms with Crippen molar-refractivity contribution in [1.82, 2.24) is 4.90 Å². The zero-order valence-electron chi connectivity index (χ0n) is 14.3. The van der Waals surface area contributed by atoms with Gasteiger partial charge in [-0.05, 0) is 23.8 Å². The average Bonchev–Trinajstić information content (AvgIpc) is 3.30. The molecule has 2 aromatic rings. The van der Waals surface area contributed by atoms with Crippen molar-refractivity contribution in [2.24, 2.45) is 10.9 Å². The Morgan fingerprint density at radius 2 is 1.90 bits per heavy atom. The number of halogens is 6. The summed E-state index contributed by atoms with van der Waals surface area (Å²) in [6, 6.07) is 3.30. The number of benzene rings is 1. The summed E-state index contributed by atoms with van der Waals surface area (Å²) in [7, 11) is 0. The third kappa shape index (κ3) is 3.23. The minimum Gasteiger partial charge on any atom is -0.372 e. The SMILES string of the molecule is NC(=O)c1cc2c(s1)CN(C1=NOC(c3cc(Cl)c(F)c(Cl)c3)(C(F)(F)F)C1)C2. The molecular formula is C17H11Cl2F4N3O2S. The molecular weight excluding hydrogens is 457 g/mol. The lowest BCUT2D eigenvalue weighted by Gasteiger charge is -2.30. The number of amides is 1. The van der Waals surface area contributed by atoms with Crippen molar-refractivity contribution in [3.63, 3.8) is 0 Å². The van der Waals surface area contributed by atoms with E-state index in [4.69, 9.17) is 33.8 Å². The highest BCUT2D eigenvalue weighted by Gasteiger charge is 2.63. The monoisotopic (exact) mass is 467 g/mol. The Morgan fingerprint density at radius 1 is 1.24 bits per heavy atom. The second-order valence-corrected chi connectivity index (χ2v) is 8.58. The molecule has 154 valence electrons. The van der Waals surface area contributed by atoms with Crippen LogP contribution in [-0.2, 0) is 23.5 Å². The molecule has 1 unspecified atom stereocenters. The van der Waals surface area contributed by atoms with E-state index in [9.17, 15) is 22.4 Å². The van der Waals surface area contributed by atoms with E-state index in [-0.39, 0.29) is 18.9 Å². The van der Waals surface area contributed by atoms with Crippen LogP contribution in [0.2, 0.25) is 10.0 Å². The molecule has 0 radical (unpaired) electrons. The second-order valence-electron chi connectivity index (χ2n) is 6.63. The fourth-order valence-electron chi connectivity index (χ4n) is 3.32. The molecule has 1 aromatic carbocycles. The molecule has 0 fully saturated rings. The van der Waals surface area contributed by atoms with Crippen LogP contribution in [0.5, 0.6) is 0 Å². The van der Waals surface area contributed by atoms with Crippen molar-refractivity contribution in [1.29, 1.82) is 0 Å². The summed E-state index contributed by atoms with van der Waals surface area (Å²) in [6.45, 7) is 0.536. The van der Waals surface area contributed by atoms with Gasteiger partial charge in [0.25, 0.3) is 11.5 Å². The number of primary amides is 1. The number of hydrogen-bond donors (Lipinski definition) is 1. The van der Waals surface area contributed by atoms with Gasteiger partial charge in [-0.3, -0.25) is 4.79 Å². The van der Waals surface area contributed by atoms with E-state index < -0.39 is 45.5 Å².